The van der Waals surface area contributed by atoms with Gasteiger partial charge in [0.2, 0.25) is 0 Å². The fourth-order valence-corrected chi connectivity index (χ4v) is 2.31. The number of carbonyl (C=O) groups is 1. The van der Waals surface area contributed by atoms with E-state index in [9.17, 15) is 9.18 Å². The zero-order chi connectivity index (χ0) is 15.6. The summed E-state index contributed by atoms with van der Waals surface area (Å²) in [7, 11) is 0. The summed E-state index contributed by atoms with van der Waals surface area (Å²) in [6.07, 6.45) is 0. The first-order valence-electron chi connectivity index (χ1n) is 5.68. The molecule has 0 unspecified atom stereocenters. The van der Waals surface area contributed by atoms with Crippen molar-refractivity contribution in [2.24, 2.45) is 0 Å². The normalized spacial score (nSPS) is 10.0. The molecule has 0 aromatic heterocycles. The topological polar surface area (TPSA) is 78.9 Å². The quantitative estimate of drug-likeness (QED) is 0.788. The minimum Gasteiger partial charge on any atom is -0.396 e. The molecule has 0 bridgehead atoms. The van der Waals surface area contributed by atoms with Crippen molar-refractivity contribution in [3.05, 3.63) is 56.8 Å². The lowest BCUT2D eigenvalue weighted by molar-refractivity contribution is 0.102. The summed E-state index contributed by atoms with van der Waals surface area (Å²) >= 11 is 8.94. The van der Waals surface area contributed by atoms with Gasteiger partial charge in [-0.05, 0) is 46.3 Å². The van der Waals surface area contributed by atoms with Gasteiger partial charge in [0.05, 0.1) is 22.5 Å². The van der Waals surface area contributed by atoms with Crippen LogP contribution in [0.25, 0.3) is 0 Å². The Morgan fingerprint density at radius 3 is 2.76 bits per heavy atom. The van der Waals surface area contributed by atoms with Crippen molar-refractivity contribution in [2.75, 3.05) is 11.1 Å². The summed E-state index contributed by atoms with van der Waals surface area (Å²) in [5.74, 6) is -1.16. The van der Waals surface area contributed by atoms with Gasteiger partial charge in [0, 0.05) is 9.50 Å². The Labute approximate surface area is 133 Å². The maximum absolute atomic E-state index is 13.3. The SMILES string of the molecule is N#Cc1ccc(Cl)cc1NC(=O)c1cc(N)c(F)cc1Br. The predicted octanol–water partition coefficient (Wildman–Crippen LogP) is 3.95. The second kappa shape index (κ2) is 6.12. The highest BCUT2D eigenvalue weighted by Gasteiger charge is 2.15. The number of anilines is 2. The zero-order valence-corrected chi connectivity index (χ0v) is 12.8. The molecule has 1 amide bonds. The van der Waals surface area contributed by atoms with Crippen LogP contribution in [-0.2, 0) is 0 Å². The summed E-state index contributed by atoms with van der Waals surface area (Å²) < 4.78 is 13.5. The van der Waals surface area contributed by atoms with E-state index in [0.717, 1.165) is 6.07 Å². The molecule has 3 N–H and O–H groups in total. The minimum absolute atomic E-state index is 0.144. The third kappa shape index (κ3) is 3.32. The Bertz CT molecular complexity index is 774. The summed E-state index contributed by atoms with van der Waals surface area (Å²) in [4.78, 5) is 12.2. The molecule has 21 heavy (non-hydrogen) atoms. The first-order chi connectivity index (χ1) is 9.92. The monoisotopic (exact) mass is 367 g/mol. The van der Waals surface area contributed by atoms with Gasteiger partial charge in [-0.25, -0.2) is 4.39 Å². The zero-order valence-electron chi connectivity index (χ0n) is 10.5. The molecule has 0 saturated carbocycles. The second-order valence-corrected chi connectivity index (χ2v) is 5.40. The second-order valence-electron chi connectivity index (χ2n) is 4.11. The molecule has 7 heteroatoms. The molecule has 0 spiro atoms. The van der Waals surface area contributed by atoms with E-state index in [-0.39, 0.29) is 27.0 Å². The average molecular weight is 369 g/mol. The molecule has 0 aliphatic heterocycles. The van der Waals surface area contributed by atoms with Crippen LogP contribution in [-0.4, -0.2) is 5.91 Å². The lowest BCUT2D eigenvalue weighted by Gasteiger charge is -2.10. The summed E-state index contributed by atoms with van der Waals surface area (Å²) in [6.45, 7) is 0. The third-order valence-electron chi connectivity index (χ3n) is 2.68. The van der Waals surface area contributed by atoms with Crippen LogP contribution in [0.5, 0.6) is 0 Å². The maximum atomic E-state index is 13.3. The Balaban J connectivity index is 2.37. The van der Waals surface area contributed by atoms with Gasteiger partial charge in [-0.15, -0.1) is 0 Å². The van der Waals surface area contributed by atoms with E-state index in [2.05, 4.69) is 21.2 Å². The number of halogens is 3. The van der Waals surface area contributed by atoms with Crippen LogP contribution in [0.4, 0.5) is 15.8 Å². The Morgan fingerprint density at radius 1 is 1.38 bits per heavy atom. The van der Waals surface area contributed by atoms with Crippen molar-refractivity contribution < 1.29 is 9.18 Å². The van der Waals surface area contributed by atoms with Crippen molar-refractivity contribution in [3.8, 4) is 6.07 Å². The molecule has 0 radical (unpaired) electrons. The van der Waals surface area contributed by atoms with E-state index in [1.807, 2.05) is 6.07 Å². The highest BCUT2D eigenvalue weighted by atomic mass is 79.9. The van der Waals surface area contributed by atoms with Crippen LogP contribution in [0.15, 0.2) is 34.8 Å². The molecule has 0 aliphatic carbocycles. The van der Waals surface area contributed by atoms with E-state index in [0.29, 0.717) is 5.02 Å². The molecular weight excluding hydrogens is 361 g/mol. The van der Waals surface area contributed by atoms with E-state index in [4.69, 9.17) is 22.6 Å². The summed E-state index contributed by atoms with van der Waals surface area (Å²) in [5, 5.41) is 11.9. The number of benzene rings is 2. The number of nitrogen functional groups attached to an aromatic ring is 1. The molecule has 0 aliphatic rings. The molecule has 0 heterocycles. The smallest absolute Gasteiger partial charge is 0.256 e. The fourth-order valence-electron chi connectivity index (χ4n) is 1.65. The predicted molar refractivity (Wildman–Crippen MR) is 82.6 cm³/mol. The van der Waals surface area contributed by atoms with E-state index in [1.165, 1.54) is 18.2 Å². The average Bonchev–Trinajstić information content (AvgIpc) is 2.43. The summed E-state index contributed by atoms with van der Waals surface area (Å²) in [5.41, 5.74) is 5.99. The first kappa shape index (κ1) is 15.3. The fraction of sp³-hybridized carbons (Fsp3) is 0. The summed E-state index contributed by atoms with van der Waals surface area (Å²) in [6, 6.07) is 8.76. The molecule has 106 valence electrons. The van der Waals surface area contributed by atoms with Crippen molar-refractivity contribution in [1.29, 1.82) is 5.26 Å². The number of nitrogens with two attached hydrogens (primary N) is 1. The Morgan fingerprint density at radius 2 is 2.10 bits per heavy atom. The molecular formula is C14H8BrClFN3O. The largest absolute Gasteiger partial charge is 0.396 e. The van der Waals surface area contributed by atoms with Crippen LogP contribution >= 0.6 is 27.5 Å². The van der Waals surface area contributed by atoms with Gasteiger partial charge in [-0.1, -0.05) is 11.6 Å². The number of hydrogen-bond acceptors (Lipinski definition) is 3. The first-order valence-corrected chi connectivity index (χ1v) is 6.85. The molecule has 4 nitrogen and oxygen atoms in total. The van der Waals surface area contributed by atoms with Crippen LogP contribution in [0.3, 0.4) is 0 Å². The Kier molecular flexibility index (Phi) is 4.46. The van der Waals surface area contributed by atoms with Gasteiger partial charge in [0.1, 0.15) is 11.9 Å². The van der Waals surface area contributed by atoms with Crippen LogP contribution in [0.1, 0.15) is 15.9 Å². The number of rotatable bonds is 2. The Hall–Kier alpha value is -2.10. The van der Waals surface area contributed by atoms with E-state index < -0.39 is 11.7 Å². The number of carbonyl (C=O) groups excluding carboxylic acids is 1. The number of nitriles is 1. The number of nitrogens with one attached hydrogen (secondary N) is 1. The molecule has 2 aromatic carbocycles. The molecule has 2 aromatic rings. The number of nitrogens with zero attached hydrogens (tertiary/aromatic N) is 1. The minimum atomic E-state index is -0.626. The third-order valence-corrected chi connectivity index (χ3v) is 3.57. The van der Waals surface area contributed by atoms with Crippen molar-refractivity contribution in [2.45, 2.75) is 0 Å². The van der Waals surface area contributed by atoms with Crippen molar-refractivity contribution in [3.63, 3.8) is 0 Å². The van der Waals surface area contributed by atoms with Crippen LogP contribution in [0, 0.1) is 17.1 Å². The van der Waals surface area contributed by atoms with Gasteiger partial charge in [-0.3, -0.25) is 4.79 Å². The number of hydrogen-bond donors (Lipinski definition) is 2. The number of amides is 1. The molecule has 0 fully saturated rings. The van der Waals surface area contributed by atoms with E-state index >= 15 is 0 Å². The van der Waals surface area contributed by atoms with Gasteiger partial charge < -0.3 is 11.1 Å². The van der Waals surface area contributed by atoms with Gasteiger partial charge in [-0.2, -0.15) is 5.26 Å². The maximum Gasteiger partial charge on any atom is 0.256 e. The molecule has 2 rings (SSSR count). The lowest BCUT2D eigenvalue weighted by Crippen LogP contribution is -2.14. The van der Waals surface area contributed by atoms with Crippen LogP contribution < -0.4 is 11.1 Å². The molecule has 0 saturated heterocycles. The molecule has 0 atom stereocenters. The lowest BCUT2D eigenvalue weighted by atomic mass is 10.1. The standard InChI is InChI=1S/C14H8BrClFN3O/c15-10-5-11(17)12(19)4-9(10)14(21)20-13-3-8(16)2-1-7(13)6-18/h1-5H,19H2,(H,20,21). The highest BCUT2D eigenvalue weighted by Crippen LogP contribution is 2.25. The van der Waals surface area contributed by atoms with E-state index in [1.54, 1.807) is 6.07 Å². The van der Waals surface area contributed by atoms with Crippen molar-refractivity contribution in [1.82, 2.24) is 0 Å². The van der Waals surface area contributed by atoms with Gasteiger partial charge in [0.25, 0.3) is 5.91 Å². The van der Waals surface area contributed by atoms with Gasteiger partial charge >= 0.3 is 0 Å². The highest BCUT2D eigenvalue weighted by molar-refractivity contribution is 9.10. The van der Waals surface area contributed by atoms with Gasteiger partial charge in [0.15, 0.2) is 0 Å². The van der Waals surface area contributed by atoms with Crippen LogP contribution in [0.2, 0.25) is 5.02 Å². The van der Waals surface area contributed by atoms with Crippen molar-refractivity contribution >= 4 is 44.8 Å².